The van der Waals surface area contributed by atoms with Crippen molar-refractivity contribution in [1.29, 1.82) is 0 Å². The van der Waals surface area contributed by atoms with E-state index in [0.717, 1.165) is 60.5 Å². The molecule has 2 aromatic heterocycles. The second-order valence-electron chi connectivity index (χ2n) is 8.24. The molecule has 4 rings (SSSR count). The third-order valence-electron chi connectivity index (χ3n) is 5.77. The van der Waals surface area contributed by atoms with E-state index in [1.165, 1.54) is 5.56 Å². The van der Waals surface area contributed by atoms with Gasteiger partial charge in [-0.2, -0.15) is 18.3 Å². The van der Waals surface area contributed by atoms with Crippen LogP contribution in [0.3, 0.4) is 0 Å². The molecule has 12 heteroatoms. The predicted octanol–water partition coefficient (Wildman–Crippen LogP) is 3.61. The van der Waals surface area contributed by atoms with E-state index in [1.54, 1.807) is 18.0 Å². The Balaban J connectivity index is 0.000000479. The summed E-state index contributed by atoms with van der Waals surface area (Å²) < 4.78 is 38.6. The van der Waals surface area contributed by atoms with Crippen molar-refractivity contribution in [3.63, 3.8) is 0 Å². The maximum Gasteiger partial charge on any atom is 0.490 e. The molecule has 9 nitrogen and oxygen atoms in total. The maximum atomic E-state index is 11.9. The van der Waals surface area contributed by atoms with Crippen LogP contribution in [0.15, 0.2) is 42.7 Å². The van der Waals surface area contributed by atoms with Gasteiger partial charge in [-0.15, -0.1) is 0 Å². The number of ether oxygens (including phenoxy) is 1. The Morgan fingerprint density at radius 3 is 2.43 bits per heavy atom. The second-order valence-corrected chi connectivity index (χ2v) is 8.24. The van der Waals surface area contributed by atoms with Crippen molar-refractivity contribution >= 4 is 11.9 Å². The van der Waals surface area contributed by atoms with Gasteiger partial charge in [-0.25, -0.2) is 9.59 Å². The number of hydrogen-bond acceptors (Lipinski definition) is 6. The summed E-state index contributed by atoms with van der Waals surface area (Å²) in [6.07, 6.45) is 1.74. The number of aliphatic carboxylic acids is 1. The summed E-state index contributed by atoms with van der Waals surface area (Å²) in [7, 11) is 1.66. The molecule has 0 fully saturated rings. The number of nitrogens with zero attached hydrogens (tertiary/aromatic N) is 3. The van der Waals surface area contributed by atoms with E-state index in [9.17, 15) is 23.1 Å². The number of nitrogens with one attached hydrogen (secondary N) is 1. The first-order valence-electron chi connectivity index (χ1n) is 11.5. The number of carbonyl (C=O) groups is 2. The van der Waals surface area contributed by atoms with Gasteiger partial charge in [0.1, 0.15) is 11.4 Å². The van der Waals surface area contributed by atoms with Crippen molar-refractivity contribution in [2.24, 2.45) is 0 Å². The third kappa shape index (κ3) is 7.29. The van der Waals surface area contributed by atoms with Crippen LogP contribution in [0.4, 0.5) is 13.2 Å². The predicted molar refractivity (Wildman–Crippen MR) is 128 cm³/mol. The van der Waals surface area contributed by atoms with Gasteiger partial charge in [0.05, 0.1) is 12.8 Å². The molecular formula is C25H27F3N4O5. The first-order chi connectivity index (χ1) is 17.6. The van der Waals surface area contributed by atoms with E-state index in [1.807, 2.05) is 24.4 Å². The van der Waals surface area contributed by atoms with Crippen molar-refractivity contribution < 1.29 is 37.7 Å². The first kappa shape index (κ1) is 27.7. The number of rotatable bonds is 9. The number of pyridine rings is 1. The minimum atomic E-state index is -5.08. The third-order valence-corrected chi connectivity index (χ3v) is 5.77. The van der Waals surface area contributed by atoms with Crippen LogP contribution in [0.5, 0.6) is 5.75 Å². The molecule has 0 spiro atoms. The average Bonchev–Trinajstić information content (AvgIpc) is 3.25. The van der Waals surface area contributed by atoms with E-state index < -0.39 is 18.1 Å². The fraction of sp³-hybridized carbons (Fsp3) is 0.360. The molecule has 37 heavy (non-hydrogen) atoms. The van der Waals surface area contributed by atoms with Crippen LogP contribution in [0, 0.1) is 0 Å². The molecule has 3 aromatic rings. The number of carboxylic acids is 2. The summed E-state index contributed by atoms with van der Waals surface area (Å²) in [5.74, 6) is -2.80. The number of fused-ring (bicyclic) bond motifs is 3. The lowest BCUT2D eigenvalue weighted by Gasteiger charge is -2.14. The van der Waals surface area contributed by atoms with Crippen LogP contribution in [0.25, 0.3) is 11.3 Å². The Labute approximate surface area is 210 Å². The van der Waals surface area contributed by atoms with E-state index in [2.05, 4.69) is 27.5 Å². The standard InChI is InChI=1S/C23H26N4O3.C2HF3O2/c1-30-18-6-3-16(4-7-18)9-12-24-11-2-14-27-22(23(28)29)20-8-5-17-15-25-13-10-19(17)21(20)26-27;3-2(4,5)1(6)7/h3-4,6-7,10,13,15,24H,2,5,8-9,11-12,14H2,1H3,(H,28,29);(H,6,7). The Kier molecular flexibility index (Phi) is 9.23. The summed E-state index contributed by atoms with van der Waals surface area (Å²) in [5, 5.41) is 25.0. The fourth-order valence-electron chi connectivity index (χ4n) is 3.97. The minimum absolute atomic E-state index is 0.325. The largest absolute Gasteiger partial charge is 0.497 e. The Bertz CT molecular complexity index is 1230. The molecule has 1 aliphatic rings. The van der Waals surface area contributed by atoms with Crippen LogP contribution in [-0.2, 0) is 30.6 Å². The highest BCUT2D eigenvalue weighted by Gasteiger charge is 2.38. The molecule has 0 radical (unpaired) electrons. The molecule has 0 unspecified atom stereocenters. The maximum absolute atomic E-state index is 11.9. The van der Waals surface area contributed by atoms with Gasteiger partial charge in [0.2, 0.25) is 0 Å². The molecule has 0 aliphatic heterocycles. The number of hydrogen-bond donors (Lipinski definition) is 3. The van der Waals surface area contributed by atoms with Gasteiger partial charge < -0.3 is 20.3 Å². The van der Waals surface area contributed by atoms with Gasteiger partial charge in [-0.05, 0) is 68.1 Å². The van der Waals surface area contributed by atoms with Crippen LogP contribution < -0.4 is 10.1 Å². The summed E-state index contributed by atoms with van der Waals surface area (Å²) in [6, 6.07) is 10.0. The van der Waals surface area contributed by atoms with Gasteiger partial charge in [-0.1, -0.05) is 12.1 Å². The highest BCUT2D eigenvalue weighted by atomic mass is 19.4. The average molecular weight is 521 g/mol. The number of benzene rings is 1. The number of halogens is 3. The summed E-state index contributed by atoms with van der Waals surface area (Å²) >= 11 is 0. The number of aromatic nitrogens is 3. The van der Waals surface area contributed by atoms with Crippen molar-refractivity contribution in [2.75, 3.05) is 20.2 Å². The summed E-state index contributed by atoms with van der Waals surface area (Å²) in [6.45, 7) is 2.25. The molecule has 1 aliphatic carbocycles. The summed E-state index contributed by atoms with van der Waals surface area (Å²) in [4.78, 5) is 25.0. The number of alkyl halides is 3. The molecule has 1 aromatic carbocycles. The molecule has 0 saturated heterocycles. The quantitative estimate of drug-likeness (QED) is 0.366. The smallest absolute Gasteiger partial charge is 0.490 e. The summed E-state index contributed by atoms with van der Waals surface area (Å²) in [5.41, 5.74) is 5.35. The number of aryl methyl sites for hydroxylation is 2. The molecule has 3 N–H and O–H groups in total. The topological polar surface area (TPSA) is 127 Å². The lowest BCUT2D eigenvalue weighted by molar-refractivity contribution is -0.192. The molecule has 2 heterocycles. The van der Waals surface area contributed by atoms with Crippen LogP contribution in [-0.4, -0.2) is 63.3 Å². The highest BCUT2D eigenvalue weighted by molar-refractivity contribution is 5.90. The zero-order chi connectivity index (χ0) is 27.0. The minimum Gasteiger partial charge on any atom is -0.497 e. The second kappa shape index (κ2) is 12.3. The van der Waals surface area contributed by atoms with E-state index in [4.69, 9.17) is 14.6 Å². The zero-order valence-corrected chi connectivity index (χ0v) is 20.1. The van der Waals surface area contributed by atoms with Gasteiger partial charge >= 0.3 is 18.1 Å². The van der Waals surface area contributed by atoms with Crippen LogP contribution in [0.1, 0.15) is 33.6 Å². The van der Waals surface area contributed by atoms with Gasteiger partial charge in [0.15, 0.2) is 0 Å². The van der Waals surface area contributed by atoms with Crippen molar-refractivity contribution in [3.05, 3.63) is 65.1 Å². The van der Waals surface area contributed by atoms with E-state index in [0.29, 0.717) is 18.7 Å². The lowest BCUT2D eigenvalue weighted by Crippen LogP contribution is -2.21. The first-order valence-corrected chi connectivity index (χ1v) is 11.5. The number of methoxy groups -OCH3 is 1. The van der Waals surface area contributed by atoms with Crippen molar-refractivity contribution in [3.8, 4) is 17.0 Å². The van der Waals surface area contributed by atoms with Crippen LogP contribution >= 0.6 is 0 Å². The molecule has 0 amide bonds. The van der Waals surface area contributed by atoms with E-state index >= 15 is 0 Å². The molecule has 0 atom stereocenters. The SMILES string of the molecule is COc1ccc(CCNCCCn2nc3c(c2C(=O)O)CCc2cnccc2-3)cc1.O=C(O)C(F)(F)F. The van der Waals surface area contributed by atoms with Crippen molar-refractivity contribution in [1.82, 2.24) is 20.1 Å². The molecular weight excluding hydrogens is 493 g/mol. The molecule has 0 saturated carbocycles. The number of aromatic carboxylic acids is 1. The number of carboxylic acid groups (broad SMARTS) is 2. The monoisotopic (exact) mass is 520 g/mol. The normalized spacial score (nSPS) is 12.1. The Morgan fingerprint density at radius 2 is 1.81 bits per heavy atom. The highest BCUT2D eigenvalue weighted by Crippen LogP contribution is 2.34. The molecule has 0 bridgehead atoms. The molecule has 198 valence electrons. The van der Waals surface area contributed by atoms with Gasteiger partial charge in [0.25, 0.3) is 0 Å². The van der Waals surface area contributed by atoms with Gasteiger partial charge in [0, 0.05) is 30.1 Å². The zero-order valence-electron chi connectivity index (χ0n) is 20.1. The fourth-order valence-corrected chi connectivity index (χ4v) is 3.97. The lowest BCUT2D eigenvalue weighted by atomic mass is 9.90. The van der Waals surface area contributed by atoms with Gasteiger partial charge in [-0.3, -0.25) is 9.67 Å². The Morgan fingerprint density at radius 1 is 1.11 bits per heavy atom. The van der Waals surface area contributed by atoms with E-state index in [-0.39, 0.29) is 0 Å². The Hall–Kier alpha value is -3.93. The van der Waals surface area contributed by atoms with Crippen LogP contribution in [0.2, 0.25) is 0 Å². The van der Waals surface area contributed by atoms with Crippen molar-refractivity contribution in [2.45, 2.75) is 38.4 Å².